The van der Waals surface area contributed by atoms with Gasteiger partial charge in [0.1, 0.15) is 17.1 Å². The number of aromatic nitrogens is 2. The molecule has 3 heterocycles. The van der Waals surface area contributed by atoms with Crippen LogP contribution in [0, 0.1) is 0 Å². The maximum absolute atomic E-state index is 13.3. The molecule has 12 heteroatoms. The van der Waals surface area contributed by atoms with Gasteiger partial charge >= 0.3 is 5.97 Å². The molecule has 3 aromatic rings. The number of nitrogens with one attached hydrogen (secondary N) is 2. The quantitative estimate of drug-likeness (QED) is 0.140. The van der Waals surface area contributed by atoms with Crippen LogP contribution in [-0.4, -0.2) is 111 Å². The Bertz CT molecular complexity index is 1350. The average molecular weight is 658 g/mol. The number of rotatable bonds is 19. The molecule has 4 rings (SSSR count). The fourth-order valence-corrected chi connectivity index (χ4v) is 6.21. The smallest absolute Gasteiger partial charge is 0.332 e. The predicted molar refractivity (Wildman–Crippen MR) is 182 cm³/mol. The third-order valence-electron chi connectivity index (χ3n) is 7.68. The Morgan fingerprint density at radius 3 is 2.48 bits per heavy atom. The van der Waals surface area contributed by atoms with E-state index in [9.17, 15) is 9.59 Å². The molecule has 2 N–H and O–H groups in total. The zero-order chi connectivity index (χ0) is 32.8. The second-order valence-electron chi connectivity index (χ2n) is 12.6. The number of carbonyl (C=O) groups is 2. The molecule has 254 valence electrons. The zero-order valence-electron chi connectivity index (χ0n) is 27.8. The van der Waals surface area contributed by atoms with Crippen molar-refractivity contribution < 1.29 is 28.5 Å². The first-order valence-electron chi connectivity index (χ1n) is 16.5. The Balaban J connectivity index is 1.09. The number of esters is 1. The number of amides is 1. The van der Waals surface area contributed by atoms with Gasteiger partial charge in [0.15, 0.2) is 5.13 Å². The molecule has 0 radical (unpaired) electrons. The van der Waals surface area contributed by atoms with Crippen molar-refractivity contribution in [1.82, 2.24) is 20.2 Å². The minimum absolute atomic E-state index is 0.0437. The Labute approximate surface area is 276 Å². The summed E-state index contributed by atoms with van der Waals surface area (Å²) in [6, 6.07) is 8.38. The number of piperazine rings is 1. The molecule has 0 spiro atoms. The van der Waals surface area contributed by atoms with Crippen LogP contribution < -0.4 is 10.2 Å². The number of nitrogens with zero attached hydrogens (tertiary/aromatic N) is 3. The molecule has 1 amide bonds. The summed E-state index contributed by atoms with van der Waals surface area (Å²) in [5.41, 5.74) is 1.85. The van der Waals surface area contributed by atoms with Gasteiger partial charge in [-0.05, 0) is 45.2 Å². The van der Waals surface area contributed by atoms with E-state index in [4.69, 9.17) is 18.9 Å². The van der Waals surface area contributed by atoms with Gasteiger partial charge < -0.3 is 34.1 Å². The first-order chi connectivity index (χ1) is 22.2. The van der Waals surface area contributed by atoms with Gasteiger partial charge in [-0.2, -0.15) is 0 Å². The van der Waals surface area contributed by atoms with Crippen molar-refractivity contribution in [3.63, 3.8) is 0 Å². The standard InChI is InChI=1S/C34H51N5O6S/c1-5-6-9-27(22-26-23-35-29-11-8-7-10-28(26)29)37-32(41)30-24-36-33(46-30)39-14-12-38(13-15-39)16-17-42-18-19-43-20-21-44-25-31(40)45-34(2,3)4/h7-8,10-11,23-24,27,35H,5-6,9,12-22,25H2,1-4H3,(H,37,41). The highest BCUT2D eigenvalue weighted by molar-refractivity contribution is 7.17. The molecular weight excluding hydrogens is 606 g/mol. The second kappa shape index (κ2) is 18.3. The number of ether oxygens (including phenoxy) is 4. The van der Waals surface area contributed by atoms with E-state index >= 15 is 0 Å². The van der Waals surface area contributed by atoms with Crippen LogP contribution in [0.25, 0.3) is 10.9 Å². The van der Waals surface area contributed by atoms with Crippen molar-refractivity contribution >= 4 is 39.2 Å². The Morgan fingerprint density at radius 2 is 1.74 bits per heavy atom. The maximum atomic E-state index is 13.3. The van der Waals surface area contributed by atoms with E-state index < -0.39 is 5.60 Å². The summed E-state index contributed by atoms with van der Waals surface area (Å²) in [6.07, 6.45) is 7.68. The summed E-state index contributed by atoms with van der Waals surface area (Å²) in [6.45, 7) is 14.4. The number of aromatic amines is 1. The van der Waals surface area contributed by atoms with Crippen LogP contribution in [0.2, 0.25) is 0 Å². The van der Waals surface area contributed by atoms with Crippen LogP contribution in [0.1, 0.15) is 62.2 Å². The first kappa shape index (κ1) is 35.8. The number of H-pyrrole nitrogens is 1. The third kappa shape index (κ3) is 12.0. The monoisotopic (exact) mass is 657 g/mol. The van der Waals surface area contributed by atoms with E-state index in [-0.39, 0.29) is 24.5 Å². The van der Waals surface area contributed by atoms with Gasteiger partial charge in [0.05, 0.1) is 39.2 Å². The number of anilines is 1. The summed E-state index contributed by atoms with van der Waals surface area (Å²) in [5, 5.41) is 5.41. The highest BCUT2D eigenvalue weighted by Gasteiger charge is 2.22. The van der Waals surface area contributed by atoms with Crippen molar-refractivity contribution in [2.45, 2.75) is 65.0 Å². The van der Waals surface area contributed by atoms with Gasteiger partial charge in [-0.3, -0.25) is 9.69 Å². The number of unbranched alkanes of at least 4 members (excludes halogenated alkanes) is 1. The topological polar surface area (TPSA) is 118 Å². The predicted octanol–water partition coefficient (Wildman–Crippen LogP) is 4.67. The molecular formula is C34H51N5O6S. The Morgan fingerprint density at radius 1 is 1.02 bits per heavy atom. The lowest BCUT2D eigenvalue weighted by Gasteiger charge is -2.34. The third-order valence-corrected chi connectivity index (χ3v) is 8.74. The minimum Gasteiger partial charge on any atom is -0.458 e. The zero-order valence-corrected chi connectivity index (χ0v) is 28.7. The van der Waals surface area contributed by atoms with Gasteiger partial charge in [-0.1, -0.05) is 49.3 Å². The molecule has 2 aromatic heterocycles. The number of hydrogen-bond acceptors (Lipinski definition) is 10. The minimum atomic E-state index is -0.509. The van der Waals surface area contributed by atoms with Crippen LogP contribution in [0.3, 0.4) is 0 Å². The average Bonchev–Trinajstić information content (AvgIpc) is 3.68. The first-order valence-corrected chi connectivity index (χ1v) is 17.3. The fraction of sp³-hybridized carbons (Fsp3) is 0.618. The number of benzene rings is 1. The van der Waals surface area contributed by atoms with Crippen molar-refractivity contribution in [3.8, 4) is 0 Å². The van der Waals surface area contributed by atoms with Crippen molar-refractivity contribution in [2.24, 2.45) is 0 Å². The van der Waals surface area contributed by atoms with E-state index in [0.29, 0.717) is 37.9 Å². The molecule has 1 aliphatic heterocycles. The summed E-state index contributed by atoms with van der Waals surface area (Å²) in [4.78, 5) is 38.1. The van der Waals surface area contributed by atoms with Crippen LogP contribution in [0.4, 0.5) is 5.13 Å². The number of hydrogen-bond donors (Lipinski definition) is 2. The van der Waals surface area contributed by atoms with Gasteiger partial charge in [0, 0.05) is 55.9 Å². The molecule has 0 saturated carbocycles. The Hall–Kier alpha value is -3.03. The molecule has 1 aromatic carbocycles. The van der Waals surface area contributed by atoms with Gasteiger partial charge in [0.25, 0.3) is 5.91 Å². The largest absolute Gasteiger partial charge is 0.458 e. The summed E-state index contributed by atoms with van der Waals surface area (Å²) in [5.74, 6) is -0.419. The fourth-order valence-electron chi connectivity index (χ4n) is 5.34. The van der Waals surface area contributed by atoms with Crippen LogP contribution in [0.15, 0.2) is 36.7 Å². The van der Waals surface area contributed by atoms with E-state index in [1.807, 2.05) is 26.8 Å². The number of thiazole rings is 1. The molecule has 1 saturated heterocycles. The molecule has 1 fully saturated rings. The van der Waals surface area contributed by atoms with Crippen LogP contribution in [0.5, 0.6) is 0 Å². The van der Waals surface area contributed by atoms with E-state index in [1.165, 1.54) is 22.3 Å². The molecule has 1 unspecified atom stereocenters. The highest BCUT2D eigenvalue weighted by Crippen LogP contribution is 2.25. The van der Waals surface area contributed by atoms with E-state index in [1.54, 1.807) is 6.20 Å². The molecule has 0 bridgehead atoms. The lowest BCUT2D eigenvalue weighted by Crippen LogP contribution is -2.47. The summed E-state index contributed by atoms with van der Waals surface area (Å²) in [7, 11) is 0. The summed E-state index contributed by atoms with van der Waals surface area (Å²) < 4.78 is 21.7. The molecule has 1 aliphatic rings. The second-order valence-corrected chi connectivity index (χ2v) is 13.6. The van der Waals surface area contributed by atoms with Crippen molar-refractivity contribution in [2.75, 3.05) is 77.3 Å². The normalized spacial score (nSPS) is 14.9. The van der Waals surface area contributed by atoms with E-state index in [2.05, 4.69) is 56.4 Å². The Kier molecular flexibility index (Phi) is 14.3. The lowest BCUT2D eigenvalue weighted by molar-refractivity contribution is -0.160. The molecule has 46 heavy (non-hydrogen) atoms. The summed E-state index contributed by atoms with van der Waals surface area (Å²) >= 11 is 1.47. The number of carbonyl (C=O) groups excluding carboxylic acids is 2. The van der Waals surface area contributed by atoms with Crippen LogP contribution >= 0.6 is 11.3 Å². The van der Waals surface area contributed by atoms with Gasteiger partial charge in [0.2, 0.25) is 0 Å². The van der Waals surface area contributed by atoms with Crippen LogP contribution in [-0.2, 0) is 30.2 Å². The van der Waals surface area contributed by atoms with Gasteiger partial charge in [-0.15, -0.1) is 0 Å². The number of para-hydroxylation sites is 1. The highest BCUT2D eigenvalue weighted by atomic mass is 32.1. The maximum Gasteiger partial charge on any atom is 0.332 e. The van der Waals surface area contributed by atoms with Crippen molar-refractivity contribution in [3.05, 3.63) is 47.1 Å². The van der Waals surface area contributed by atoms with Crippen molar-refractivity contribution in [1.29, 1.82) is 0 Å². The molecule has 11 nitrogen and oxygen atoms in total. The van der Waals surface area contributed by atoms with E-state index in [0.717, 1.165) is 69.1 Å². The molecule has 1 atom stereocenters. The SMILES string of the molecule is CCCCC(Cc1c[nH]c2ccccc12)NC(=O)c1cnc(N2CCN(CCOCCOCCOCC(=O)OC(C)(C)C)CC2)s1. The lowest BCUT2D eigenvalue weighted by atomic mass is 10.0. The van der Waals surface area contributed by atoms with Gasteiger partial charge in [-0.25, -0.2) is 9.78 Å². The molecule has 0 aliphatic carbocycles. The number of fused-ring (bicyclic) bond motifs is 1.